The summed E-state index contributed by atoms with van der Waals surface area (Å²) < 4.78 is 0. The Balaban J connectivity index is 1.43. The molecular formula is C28H16N4O2. The SMILES string of the molecule is O=c1c2ccc(=C3C=CC4=C(O)c5ccccc5C5=NNC3C54)c3nnc(c4ccccc14)-c23. The van der Waals surface area contributed by atoms with Gasteiger partial charge in [0.1, 0.15) is 17.0 Å². The van der Waals surface area contributed by atoms with Crippen molar-refractivity contribution in [3.8, 4) is 11.3 Å². The number of allylic oxidation sites excluding steroid dienone is 1. The Labute approximate surface area is 192 Å². The van der Waals surface area contributed by atoms with Crippen LogP contribution in [-0.4, -0.2) is 27.1 Å². The Kier molecular flexibility index (Phi) is 3.19. The largest absolute Gasteiger partial charge is 0.507 e. The van der Waals surface area contributed by atoms with Crippen LogP contribution < -0.4 is 16.1 Å². The molecule has 2 N–H and O–H groups in total. The highest BCUT2D eigenvalue weighted by molar-refractivity contribution is 6.14. The Hall–Kier alpha value is -4.58. The van der Waals surface area contributed by atoms with Gasteiger partial charge in [-0.15, -0.1) is 10.2 Å². The predicted molar refractivity (Wildman–Crippen MR) is 132 cm³/mol. The smallest absolute Gasteiger partial charge is 0.194 e. The monoisotopic (exact) mass is 440 g/mol. The highest BCUT2D eigenvalue weighted by atomic mass is 16.3. The zero-order valence-electron chi connectivity index (χ0n) is 17.8. The first-order valence-electron chi connectivity index (χ1n) is 11.2. The molecule has 2 aliphatic heterocycles. The van der Waals surface area contributed by atoms with Crippen LogP contribution in [0.3, 0.4) is 0 Å². The lowest BCUT2D eigenvalue weighted by atomic mass is 9.72. The van der Waals surface area contributed by atoms with E-state index in [9.17, 15) is 9.90 Å². The third kappa shape index (κ3) is 2.02. The molecule has 3 aromatic carbocycles. The second-order valence-corrected chi connectivity index (χ2v) is 9.03. The van der Waals surface area contributed by atoms with Crippen LogP contribution in [0, 0.1) is 5.92 Å². The van der Waals surface area contributed by atoms with Crippen molar-refractivity contribution in [1.29, 1.82) is 0 Å². The number of nitrogens with zero attached hydrogens (tertiary/aromatic N) is 3. The number of rotatable bonds is 0. The minimum atomic E-state index is -0.148. The van der Waals surface area contributed by atoms with Gasteiger partial charge in [0.2, 0.25) is 0 Å². The summed E-state index contributed by atoms with van der Waals surface area (Å²) in [4.78, 5) is 13.2. The number of hydrazone groups is 1. The molecule has 0 radical (unpaired) electrons. The molecule has 0 bridgehead atoms. The van der Waals surface area contributed by atoms with Gasteiger partial charge < -0.3 is 10.5 Å². The molecule has 160 valence electrons. The van der Waals surface area contributed by atoms with E-state index in [1.807, 2.05) is 72.8 Å². The predicted octanol–water partition coefficient (Wildman–Crippen LogP) is 3.40. The Bertz CT molecular complexity index is 1880. The van der Waals surface area contributed by atoms with Gasteiger partial charge in [0.15, 0.2) is 5.43 Å². The summed E-state index contributed by atoms with van der Waals surface area (Å²) in [6.45, 7) is 0. The Morgan fingerprint density at radius 3 is 2.44 bits per heavy atom. The van der Waals surface area contributed by atoms with E-state index in [1.165, 1.54) is 0 Å². The van der Waals surface area contributed by atoms with Crippen LogP contribution in [0.1, 0.15) is 11.1 Å². The normalized spacial score (nSPS) is 22.3. The highest BCUT2D eigenvalue weighted by Crippen LogP contribution is 2.43. The first-order valence-corrected chi connectivity index (χ1v) is 11.2. The van der Waals surface area contributed by atoms with Gasteiger partial charge >= 0.3 is 0 Å². The average molecular weight is 440 g/mol. The van der Waals surface area contributed by atoms with Gasteiger partial charge in [-0.25, -0.2) is 0 Å². The molecule has 0 spiro atoms. The van der Waals surface area contributed by atoms with E-state index in [4.69, 9.17) is 5.10 Å². The first-order chi connectivity index (χ1) is 16.7. The van der Waals surface area contributed by atoms with Crippen LogP contribution in [0.4, 0.5) is 0 Å². The number of aromatic nitrogens is 2. The zero-order valence-corrected chi connectivity index (χ0v) is 17.8. The summed E-state index contributed by atoms with van der Waals surface area (Å²) in [6.07, 6.45) is 4.00. The number of hydrogen-bond acceptors (Lipinski definition) is 6. The van der Waals surface area contributed by atoms with Crippen molar-refractivity contribution >= 4 is 38.7 Å². The number of nitrogens with one attached hydrogen (secondary N) is 1. The van der Waals surface area contributed by atoms with Gasteiger partial charge in [-0.05, 0) is 11.6 Å². The minimum Gasteiger partial charge on any atom is -0.507 e. The molecule has 0 aromatic heterocycles. The van der Waals surface area contributed by atoms with Gasteiger partial charge in [-0.2, -0.15) is 5.10 Å². The summed E-state index contributed by atoms with van der Waals surface area (Å²) in [5.74, 6) is 0.207. The first kappa shape index (κ1) is 17.9. The maximum Gasteiger partial charge on any atom is 0.194 e. The lowest BCUT2D eigenvalue weighted by Crippen LogP contribution is -2.38. The quantitative estimate of drug-likeness (QED) is 0.361. The van der Waals surface area contributed by atoms with Crippen LogP contribution in [0.5, 0.6) is 0 Å². The summed E-state index contributed by atoms with van der Waals surface area (Å²) in [5.41, 5.74) is 10.2. The third-order valence-corrected chi connectivity index (χ3v) is 7.44. The van der Waals surface area contributed by atoms with Crippen molar-refractivity contribution in [3.05, 3.63) is 105 Å². The Morgan fingerprint density at radius 1 is 0.794 bits per heavy atom. The van der Waals surface area contributed by atoms with Crippen LogP contribution in [0.2, 0.25) is 0 Å². The molecule has 2 unspecified atom stereocenters. The van der Waals surface area contributed by atoms with Crippen LogP contribution in [0.15, 0.2) is 88.3 Å². The Morgan fingerprint density at radius 2 is 1.56 bits per heavy atom. The second-order valence-electron chi connectivity index (χ2n) is 9.03. The molecule has 3 aromatic rings. The molecule has 0 saturated heterocycles. The summed E-state index contributed by atoms with van der Waals surface area (Å²) in [7, 11) is 0. The lowest BCUT2D eigenvalue weighted by Gasteiger charge is -2.31. The number of aliphatic hydroxyl groups excluding tert-OH is 1. The summed E-state index contributed by atoms with van der Waals surface area (Å²) in [5, 5.41) is 27.8. The van der Waals surface area contributed by atoms with E-state index in [0.717, 1.165) is 55.4 Å². The minimum absolute atomic E-state index is 0.00211. The summed E-state index contributed by atoms with van der Waals surface area (Å²) >= 11 is 0. The fourth-order valence-corrected chi connectivity index (χ4v) is 5.91. The topological polar surface area (TPSA) is 87.5 Å². The maximum atomic E-state index is 13.2. The van der Waals surface area contributed by atoms with Crippen LogP contribution in [0.25, 0.3) is 44.3 Å². The van der Waals surface area contributed by atoms with E-state index >= 15 is 0 Å². The second kappa shape index (κ2) is 6.05. The fourth-order valence-electron chi connectivity index (χ4n) is 5.91. The van der Waals surface area contributed by atoms with Crippen LogP contribution >= 0.6 is 0 Å². The van der Waals surface area contributed by atoms with Gasteiger partial charge in [-0.3, -0.25) is 4.79 Å². The summed E-state index contributed by atoms with van der Waals surface area (Å²) in [6, 6.07) is 19.1. The van der Waals surface area contributed by atoms with Crippen molar-refractivity contribution < 1.29 is 5.11 Å². The van der Waals surface area contributed by atoms with Gasteiger partial charge in [0.05, 0.1) is 17.7 Å². The standard InChI is InChI=1S/C28H16N4O2/c33-27-17-7-3-1-5-13(17)23-21-19(27)11-9-15(25(21)31-29-23)16-10-12-20-22-24(30-32-26(16)22)14-6-2-4-8-18(14)28(20)34/h1-12,21,25,31,33H. The molecular weight excluding hydrogens is 424 g/mol. The fraction of sp³-hybridized carbons (Fsp3) is 0.0714. The van der Waals surface area contributed by atoms with E-state index in [2.05, 4.69) is 15.6 Å². The molecule has 0 fully saturated rings. The average Bonchev–Trinajstić information content (AvgIpc) is 3.52. The van der Waals surface area contributed by atoms with Crippen molar-refractivity contribution in [2.45, 2.75) is 6.04 Å². The van der Waals surface area contributed by atoms with Crippen LogP contribution in [-0.2, 0) is 0 Å². The molecule has 0 saturated carbocycles. The van der Waals surface area contributed by atoms with Gasteiger partial charge in [0, 0.05) is 43.6 Å². The molecule has 3 aliphatic carbocycles. The van der Waals surface area contributed by atoms with Gasteiger partial charge in [-0.1, -0.05) is 66.7 Å². The molecule has 2 atom stereocenters. The molecule has 5 aliphatic rings. The van der Waals surface area contributed by atoms with Gasteiger partial charge in [0.25, 0.3) is 0 Å². The van der Waals surface area contributed by atoms with E-state index < -0.39 is 0 Å². The zero-order chi connectivity index (χ0) is 22.6. The molecule has 6 nitrogen and oxygen atoms in total. The molecule has 34 heavy (non-hydrogen) atoms. The number of hydrogen-bond donors (Lipinski definition) is 2. The number of aliphatic hydroxyl groups is 1. The molecule has 8 rings (SSSR count). The number of fused-ring (bicyclic) bond motifs is 4. The van der Waals surface area contributed by atoms with E-state index in [-0.39, 0.29) is 17.4 Å². The molecule has 6 heteroatoms. The van der Waals surface area contributed by atoms with Crippen molar-refractivity contribution in [1.82, 2.24) is 15.6 Å². The highest BCUT2D eigenvalue weighted by Gasteiger charge is 2.44. The maximum absolute atomic E-state index is 13.2. The third-order valence-electron chi connectivity index (χ3n) is 7.44. The van der Waals surface area contributed by atoms with Crippen molar-refractivity contribution in [2.75, 3.05) is 0 Å². The van der Waals surface area contributed by atoms with E-state index in [1.54, 1.807) is 0 Å². The van der Waals surface area contributed by atoms with E-state index in [0.29, 0.717) is 16.5 Å². The van der Waals surface area contributed by atoms with Crippen molar-refractivity contribution in [2.24, 2.45) is 11.0 Å². The lowest BCUT2D eigenvalue weighted by molar-refractivity contribution is 0.495. The number of benzene rings is 4. The molecule has 0 amide bonds. The molecule has 2 heterocycles. The van der Waals surface area contributed by atoms with Crippen molar-refractivity contribution in [3.63, 3.8) is 0 Å².